The van der Waals surface area contributed by atoms with Crippen molar-refractivity contribution >= 4 is 5.82 Å². The lowest BCUT2D eigenvalue weighted by Gasteiger charge is -2.09. The molecule has 0 amide bonds. The molecule has 4 nitrogen and oxygen atoms in total. The summed E-state index contributed by atoms with van der Waals surface area (Å²) in [6.07, 6.45) is 2.80. The maximum Gasteiger partial charge on any atom is 0.132 e. The number of pyridine rings is 1. The number of rotatable bonds is 7. The first-order chi connectivity index (χ1) is 9.81. The van der Waals surface area contributed by atoms with Gasteiger partial charge in [0.25, 0.3) is 0 Å². The van der Waals surface area contributed by atoms with Crippen LogP contribution in [0.4, 0.5) is 5.82 Å². The van der Waals surface area contributed by atoms with E-state index in [4.69, 9.17) is 9.47 Å². The molecule has 0 unspecified atom stereocenters. The summed E-state index contributed by atoms with van der Waals surface area (Å²) < 4.78 is 11.0. The Morgan fingerprint density at radius 1 is 1.15 bits per heavy atom. The van der Waals surface area contributed by atoms with E-state index in [1.165, 1.54) is 0 Å². The summed E-state index contributed by atoms with van der Waals surface area (Å²) >= 11 is 0. The minimum atomic E-state index is 0.580. The maximum absolute atomic E-state index is 5.85. The van der Waals surface area contributed by atoms with Crippen LogP contribution < -0.4 is 10.1 Å². The molecule has 0 atom stereocenters. The molecular weight excluding hydrogens is 252 g/mol. The summed E-state index contributed by atoms with van der Waals surface area (Å²) in [7, 11) is 1.68. The van der Waals surface area contributed by atoms with Gasteiger partial charge in [-0.05, 0) is 30.2 Å². The molecule has 0 aliphatic carbocycles. The van der Waals surface area contributed by atoms with Gasteiger partial charge in [0.15, 0.2) is 0 Å². The van der Waals surface area contributed by atoms with Crippen molar-refractivity contribution in [1.29, 1.82) is 0 Å². The molecule has 0 saturated heterocycles. The average Bonchev–Trinajstić information content (AvgIpc) is 2.46. The summed E-state index contributed by atoms with van der Waals surface area (Å²) in [6.45, 7) is 3.60. The predicted molar refractivity (Wildman–Crippen MR) is 80.2 cm³/mol. The highest BCUT2D eigenvalue weighted by Crippen LogP contribution is 2.23. The fraction of sp³-hybridized carbons (Fsp3) is 0.312. The molecule has 1 aromatic carbocycles. The minimum Gasteiger partial charge on any atom is -0.457 e. The van der Waals surface area contributed by atoms with Gasteiger partial charge in [-0.1, -0.05) is 19.1 Å². The van der Waals surface area contributed by atoms with Crippen molar-refractivity contribution in [3.05, 3.63) is 48.2 Å². The number of methoxy groups -OCH3 is 1. The highest BCUT2D eigenvalue weighted by molar-refractivity contribution is 5.42. The van der Waals surface area contributed by atoms with Gasteiger partial charge in [0.2, 0.25) is 0 Å². The number of aromatic nitrogens is 1. The third-order valence-electron chi connectivity index (χ3n) is 2.73. The molecule has 0 saturated carbocycles. The van der Waals surface area contributed by atoms with Crippen LogP contribution in [-0.2, 0) is 11.3 Å². The average molecular weight is 272 g/mol. The topological polar surface area (TPSA) is 43.4 Å². The molecule has 1 aromatic heterocycles. The first-order valence-corrected chi connectivity index (χ1v) is 6.77. The van der Waals surface area contributed by atoms with Crippen molar-refractivity contribution in [3.63, 3.8) is 0 Å². The van der Waals surface area contributed by atoms with Crippen LogP contribution in [0.5, 0.6) is 11.5 Å². The molecule has 0 radical (unpaired) electrons. The van der Waals surface area contributed by atoms with E-state index in [9.17, 15) is 0 Å². The monoisotopic (exact) mass is 272 g/mol. The van der Waals surface area contributed by atoms with Gasteiger partial charge in [-0.15, -0.1) is 0 Å². The van der Waals surface area contributed by atoms with Gasteiger partial charge in [-0.2, -0.15) is 0 Å². The minimum absolute atomic E-state index is 0.580. The molecule has 20 heavy (non-hydrogen) atoms. The zero-order valence-electron chi connectivity index (χ0n) is 11.9. The highest BCUT2D eigenvalue weighted by atomic mass is 16.5. The normalized spacial score (nSPS) is 10.3. The Morgan fingerprint density at radius 3 is 2.80 bits per heavy atom. The van der Waals surface area contributed by atoms with Gasteiger partial charge >= 0.3 is 0 Å². The van der Waals surface area contributed by atoms with Crippen LogP contribution in [-0.4, -0.2) is 18.6 Å². The summed E-state index contributed by atoms with van der Waals surface area (Å²) in [5, 5.41) is 3.24. The van der Waals surface area contributed by atoms with Gasteiger partial charge in [0, 0.05) is 25.9 Å². The Morgan fingerprint density at radius 2 is 2.00 bits per heavy atom. The number of hydrogen-bond acceptors (Lipinski definition) is 4. The van der Waals surface area contributed by atoms with Crippen LogP contribution in [0.2, 0.25) is 0 Å². The van der Waals surface area contributed by atoms with Crippen LogP contribution in [0.1, 0.15) is 18.9 Å². The van der Waals surface area contributed by atoms with Gasteiger partial charge in [0.1, 0.15) is 17.3 Å². The second-order valence-electron chi connectivity index (χ2n) is 4.49. The molecule has 106 valence electrons. The van der Waals surface area contributed by atoms with Gasteiger partial charge in [-0.3, -0.25) is 0 Å². The predicted octanol–water partition coefficient (Wildman–Crippen LogP) is 3.84. The number of hydrogen-bond donors (Lipinski definition) is 1. The molecule has 2 aromatic rings. The SMILES string of the molecule is CCCNc1cc(Oc2cccc(COC)c2)ccn1. The largest absolute Gasteiger partial charge is 0.457 e. The van der Waals surface area contributed by atoms with Crippen LogP contribution >= 0.6 is 0 Å². The molecule has 4 heteroatoms. The maximum atomic E-state index is 5.85. The number of nitrogens with zero attached hydrogens (tertiary/aromatic N) is 1. The summed E-state index contributed by atoms with van der Waals surface area (Å²) in [4.78, 5) is 4.25. The number of anilines is 1. The summed E-state index contributed by atoms with van der Waals surface area (Å²) in [5.74, 6) is 2.40. The quantitative estimate of drug-likeness (QED) is 0.831. The smallest absolute Gasteiger partial charge is 0.132 e. The van der Waals surface area contributed by atoms with Crippen molar-refractivity contribution in [1.82, 2.24) is 4.98 Å². The standard InChI is InChI=1S/C16H20N2O2/c1-3-8-17-16-11-15(7-9-18-16)20-14-6-4-5-13(10-14)12-19-2/h4-7,9-11H,3,8,12H2,1-2H3,(H,17,18). The molecule has 1 N–H and O–H groups in total. The third kappa shape index (κ3) is 4.24. The Hall–Kier alpha value is -2.07. The Labute approximate surface area is 119 Å². The van der Waals surface area contributed by atoms with E-state index >= 15 is 0 Å². The van der Waals surface area contributed by atoms with Crippen LogP contribution in [0.25, 0.3) is 0 Å². The van der Waals surface area contributed by atoms with E-state index in [2.05, 4.69) is 17.2 Å². The molecule has 1 heterocycles. The van der Waals surface area contributed by atoms with Crippen LogP contribution in [0.15, 0.2) is 42.6 Å². The number of ether oxygens (including phenoxy) is 2. The molecule has 0 spiro atoms. The zero-order chi connectivity index (χ0) is 14.2. The van der Waals surface area contributed by atoms with Crippen molar-refractivity contribution in [2.75, 3.05) is 19.0 Å². The van der Waals surface area contributed by atoms with Crippen molar-refractivity contribution in [2.24, 2.45) is 0 Å². The van der Waals surface area contributed by atoms with Gasteiger partial charge in [0.05, 0.1) is 6.61 Å². The first-order valence-electron chi connectivity index (χ1n) is 6.77. The number of benzene rings is 1. The van der Waals surface area contributed by atoms with Crippen molar-refractivity contribution < 1.29 is 9.47 Å². The number of nitrogens with one attached hydrogen (secondary N) is 1. The molecular formula is C16H20N2O2. The lowest BCUT2D eigenvalue weighted by Crippen LogP contribution is -2.01. The van der Waals surface area contributed by atoms with Crippen molar-refractivity contribution in [2.45, 2.75) is 20.0 Å². The summed E-state index contributed by atoms with van der Waals surface area (Å²) in [5.41, 5.74) is 1.09. The second-order valence-corrected chi connectivity index (χ2v) is 4.49. The molecule has 0 aliphatic heterocycles. The fourth-order valence-corrected chi connectivity index (χ4v) is 1.83. The third-order valence-corrected chi connectivity index (χ3v) is 2.73. The second kappa shape index (κ2) is 7.50. The Bertz CT molecular complexity index is 544. The van der Waals surface area contributed by atoms with E-state index in [0.717, 1.165) is 35.8 Å². The molecule has 0 fully saturated rings. The molecule has 0 aliphatic rings. The van der Waals surface area contributed by atoms with Crippen molar-refractivity contribution in [3.8, 4) is 11.5 Å². The lowest BCUT2D eigenvalue weighted by molar-refractivity contribution is 0.184. The van der Waals surface area contributed by atoms with E-state index < -0.39 is 0 Å². The zero-order valence-corrected chi connectivity index (χ0v) is 11.9. The van der Waals surface area contributed by atoms with E-state index in [1.807, 2.05) is 36.4 Å². The Balaban J connectivity index is 2.07. The van der Waals surface area contributed by atoms with E-state index in [1.54, 1.807) is 13.3 Å². The van der Waals surface area contributed by atoms with Gasteiger partial charge in [-0.25, -0.2) is 4.98 Å². The highest BCUT2D eigenvalue weighted by Gasteiger charge is 2.01. The molecule has 2 rings (SSSR count). The van der Waals surface area contributed by atoms with Gasteiger partial charge < -0.3 is 14.8 Å². The van der Waals surface area contributed by atoms with Crippen LogP contribution in [0.3, 0.4) is 0 Å². The fourth-order valence-electron chi connectivity index (χ4n) is 1.83. The summed E-state index contributed by atoms with van der Waals surface area (Å²) in [6, 6.07) is 11.6. The Kier molecular flexibility index (Phi) is 5.38. The lowest BCUT2D eigenvalue weighted by atomic mass is 10.2. The van der Waals surface area contributed by atoms with E-state index in [0.29, 0.717) is 6.61 Å². The first kappa shape index (κ1) is 14.3. The van der Waals surface area contributed by atoms with E-state index in [-0.39, 0.29) is 0 Å². The molecule has 0 bridgehead atoms. The van der Waals surface area contributed by atoms with Crippen LogP contribution in [0, 0.1) is 0 Å².